The number of nitrogens with zero attached hydrogens (tertiary/aromatic N) is 2. The van der Waals surface area contributed by atoms with Crippen molar-refractivity contribution in [3.63, 3.8) is 0 Å². The molecule has 1 rings (SSSR count). The topological polar surface area (TPSA) is 76.1 Å². The monoisotopic (exact) mass is 294 g/mol. The highest BCUT2D eigenvalue weighted by Gasteiger charge is 2.22. The summed E-state index contributed by atoms with van der Waals surface area (Å²) in [6.45, 7) is 12.0. The van der Waals surface area contributed by atoms with E-state index in [1.165, 1.54) is 0 Å². The predicted molar refractivity (Wildman–Crippen MR) is 84.7 cm³/mol. The van der Waals surface area contributed by atoms with Gasteiger partial charge in [-0.25, -0.2) is 14.8 Å². The summed E-state index contributed by atoms with van der Waals surface area (Å²) in [5.41, 5.74) is 0.699. The third-order valence-electron chi connectivity index (χ3n) is 3.05. The zero-order chi connectivity index (χ0) is 16.2. The Balaban J connectivity index is 3.13. The first kappa shape index (κ1) is 17.2. The molecular weight excluding hydrogens is 268 g/mol. The Kier molecular flexibility index (Phi) is 5.52. The van der Waals surface area contributed by atoms with Gasteiger partial charge in [0.1, 0.15) is 23.5 Å². The molecule has 0 fully saturated rings. The lowest BCUT2D eigenvalue weighted by Gasteiger charge is -2.22. The van der Waals surface area contributed by atoms with Gasteiger partial charge in [-0.2, -0.15) is 0 Å². The fourth-order valence-electron chi connectivity index (χ4n) is 1.77. The Labute approximate surface area is 126 Å². The molecule has 0 saturated carbocycles. The van der Waals surface area contributed by atoms with Crippen LogP contribution in [0.3, 0.4) is 0 Å². The summed E-state index contributed by atoms with van der Waals surface area (Å²) in [6, 6.07) is -0.462. The number of carbonyl (C=O) groups is 1. The van der Waals surface area contributed by atoms with Gasteiger partial charge in [0.2, 0.25) is 0 Å². The first-order chi connectivity index (χ1) is 9.70. The van der Waals surface area contributed by atoms with E-state index in [9.17, 15) is 4.79 Å². The minimum atomic E-state index is -0.462. The van der Waals surface area contributed by atoms with Crippen molar-refractivity contribution in [3.05, 3.63) is 11.4 Å². The first-order valence-corrected chi connectivity index (χ1v) is 7.20. The lowest BCUT2D eigenvalue weighted by atomic mass is 9.95. The molecule has 6 nitrogen and oxygen atoms in total. The number of ether oxygens (including phenoxy) is 1. The molecule has 1 heterocycles. The third-order valence-corrected chi connectivity index (χ3v) is 3.05. The van der Waals surface area contributed by atoms with E-state index in [2.05, 4.69) is 41.4 Å². The fraction of sp³-hybridized carbons (Fsp3) is 0.667. The normalized spacial score (nSPS) is 12.7. The summed E-state index contributed by atoms with van der Waals surface area (Å²) in [5.74, 6) is 1.84. The summed E-state index contributed by atoms with van der Waals surface area (Å²) >= 11 is 0. The Morgan fingerprint density at radius 1 is 1.29 bits per heavy atom. The number of hydrogen-bond acceptors (Lipinski definition) is 6. The molecule has 0 amide bonds. The van der Waals surface area contributed by atoms with Gasteiger partial charge in [-0.3, -0.25) is 0 Å². The van der Waals surface area contributed by atoms with Crippen LogP contribution in [0.2, 0.25) is 0 Å². The summed E-state index contributed by atoms with van der Waals surface area (Å²) in [7, 11) is 1.82. The Hall–Kier alpha value is -1.85. The fourth-order valence-corrected chi connectivity index (χ4v) is 1.77. The van der Waals surface area contributed by atoms with Crippen LogP contribution >= 0.6 is 0 Å². The predicted octanol–water partition coefficient (Wildman–Crippen LogP) is 2.49. The van der Waals surface area contributed by atoms with Crippen LogP contribution in [0, 0.1) is 6.92 Å². The SMILES string of the molecule is CCOC(=O)C(C)Nc1nc(C(C)(C)C)nc(NC)c1C. The van der Waals surface area contributed by atoms with Crippen LogP contribution < -0.4 is 10.6 Å². The highest BCUT2D eigenvalue weighted by molar-refractivity contribution is 5.79. The molecule has 0 radical (unpaired) electrons. The standard InChI is InChI=1S/C15H26N4O2/c1-8-21-13(20)10(3)17-12-9(2)11(16-7)18-14(19-12)15(4,5)6/h10H,8H2,1-7H3,(H2,16,17,18,19). The number of anilines is 2. The molecule has 0 saturated heterocycles. The molecule has 0 aliphatic heterocycles. The van der Waals surface area contributed by atoms with Gasteiger partial charge in [-0.15, -0.1) is 0 Å². The molecule has 6 heteroatoms. The summed E-state index contributed by atoms with van der Waals surface area (Å²) < 4.78 is 5.01. The average molecular weight is 294 g/mol. The van der Waals surface area contributed by atoms with Gasteiger partial charge in [-0.1, -0.05) is 20.8 Å². The maximum absolute atomic E-state index is 11.8. The molecule has 0 aliphatic carbocycles. The highest BCUT2D eigenvalue weighted by Crippen LogP contribution is 2.26. The molecule has 1 unspecified atom stereocenters. The first-order valence-electron chi connectivity index (χ1n) is 7.20. The molecule has 0 bridgehead atoms. The second-order valence-corrected chi connectivity index (χ2v) is 5.99. The van der Waals surface area contributed by atoms with Crippen molar-refractivity contribution in [1.82, 2.24) is 9.97 Å². The summed E-state index contributed by atoms with van der Waals surface area (Å²) in [6.07, 6.45) is 0. The van der Waals surface area contributed by atoms with Gasteiger partial charge in [0.15, 0.2) is 0 Å². The molecule has 0 spiro atoms. The van der Waals surface area contributed by atoms with Crippen LogP contribution in [-0.2, 0) is 14.9 Å². The van der Waals surface area contributed by atoms with Crippen LogP contribution in [0.1, 0.15) is 46.0 Å². The van der Waals surface area contributed by atoms with E-state index in [0.29, 0.717) is 12.4 Å². The van der Waals surface area contributed by atoms with E-state index in [4.69, 9.17) is 4.74 Å². The van der Waals surface area contributed by atoms with Crippen molar-refractivity contribution in [2.75, 3.05) is 24.3 Å². The minimum absolute atomic E-state index is 0.178. The van der Waals surface area contributed by atoms with Crippen LogP contribution in [0.25, 0.3) is 0 Å². The molecule has 0 aromatic carbocycles. The van der Waals surface area contributed by atoms with Crippen molar-refractivity contribution in [2.24, 2.45) is 0 Å². The van der Waals surface area contributed by atoms with Crippen LogP contribution in [0.15, 0.2) is 0 Å². The smallest absolute Gasteiger partial charge is 0.328 e. The van der Waals surface area contributed by atoms with Gasteiger partial charge in [0.25, 0.3) is 0 Å². The number of carbonyl (C=O) groups excluding carboxylic acids is 1. The molecule has 118 valence electrons. The zero-order valence-corrected chi connectivity index (χ0v) is 14.0. The second kappa shape index (κ2) is 6.74. The maximum Gasteiger partial charge on any atom is 0.328 e. The van der Waals surface area contributed by atoms with E-state index < -0.39 is 6.04 Å². The number of nitrogens with one attached hydrogen (secondary N) is 2. The molecule has 2 N–H and O–H groups in total. The van der Waals surface area contributed by atoms with E-state index in [-0.39, 0.29) is 11.4 Å². The minimum Gasteiger partial charge on any atom is -0.464 e. The molecule has 1 aromatic rings. The molecule has 1 aromatic heterocycles. The van der Waals surface area contributed by atoms with E-state index in [1.54, 1.807) is 13.8 Å². The average Bonchev–Trinajstić information content (AvgIpc) is 2.39. The van der Waals surface area contributed by atoms with Crippen molar-refractivity contribution in [2.45, 2.75) is 53.0 Å². The van der Waals surface area contributed by atoms with E-state index in [1.807, 2.05) is 14.0 Å². The molecular formula is C15H26N4O2. The van der Waals surface area contributed by atoms with Gasteiger partial charge in [0, 0.05) is 18.0 Å². The van der Waals surface area contributed by atoms with Gasteiger partial charge in [0.05, 0.1) is 6.61 Å². The highest BCUT2D eigenvalue weighted by atomic mass is 16.5. The Bertz CT molecular complexity index is 509. The summed E-state index contributed by atoms with van der Waals surface area (Å²) in [5, 5.41) is 6.18. The van der Waals surface area contributed by atoms with Crippen molar-refractivity contribution < 1.29 is 9.53 Å². The second-order valence-electron chi connectivity index (χ2n) is 5.99. The van der Waals surface area contributed by atoms with E-state index >= 15 is 0 Å². The summed E-state index contributed by atoms with van der Waals surface area (Å²) in [4.78, 5) is 20.8. The largest absolute Gasteiger partial charge is 0.464 e. The van der Waals surface area contributed by atoms with Gasteiger partial charge >= 0.3 is 5.97 Å². The van der Waals surface area contributed by atoms with Crippen LogP contribution in [0.5, 0.6) is 0 Å². The number of hydrogen-bond donors (Lipinski definition) is 2. The van der Waals surface area contributed by atoms with Crippen molar-refractivity contribution in [3.8, 4) is 0 Å². The maximum atomic E-state index is 11.8. The van der Waals surface area contributed by atoms with E-state index in [0.717, 1.165) is 17.2 Å². The number of aromatic nitrogens is 2. The number of esters is 1. The quantitative estimate of drug-likeness (QED) is 0.813. The molecule has 21 heavy (non-hydrogen) atoms. The lowest BCUT2D eigenvalue weighted by Crippen LogP contribution is -2.30. The van der Waals surface area contributed by atoms with Crippen molar-refractivity contribution in [1.29, 1.82) is 0 Å². The third kappa shape index (κ3) is 4.31. The van der Waals surface area contributed by atoms with Crippen LogP contribution in [0.4, 0.5) is 11.6 Å². The van der Waals surface area contributed by atoms with Gasteiger partial charge < -0.3 is 15.4 Å². The molecule has 1 atom stereocenters. The van der Waals surface area contributed by atoms with Crippen LogP contribution in [-0.4, -0.2) is 35.6 Å². The Morgan fingerprint density at radius 3 is 2.33 bits per heavy atom. The molecule has 0 aliphatic rings. The zero-order valence-electron chi connectivity index (χ0n) is 14.0. The lowest BCUT2D eigenvalue weighted by molar-refractivity contribution is -0.143. The van der Waals surface area contributed by atoms with Gasteiger partial charge in [-0.05, 0) is 20.8 Å². The number of rotatable bonds is 5. The Morgan fingerprint density at radius 2 is 1.86 bits per heavy atom. The van der Waals surface area contributed by atoms with Crippen molar-refractivity contribution >= 4 is 17.6 Å².